The van der Waals surface area contributed by atoms with Gasteiger partial charge >= 0.3 is 0 Å². The highest BCUT2D eigenvalue weighted by molar-refractivity contribution is 7.99. The average Bonchev–Trinajstić information content (AvgIpc) is 3.14. The van der Waals surface area contributed by atoms with Gasteiger partial charge in [0.1, 0.15) is 11.5 Å². The molecule has 0 fully saturated rings. The molecule has 5 nitrogen and oxygen atoms in total. The molecule has 0 amide bonds. The molecule has 0 N–H and O–H groups in total. The number of carbonyl (C=O) groups is 1. The maximum atomic E-state index is 12.6. The molecule has 25 heavy (non-hydrogen) atoms. The highest BCUT2D eigenvalue weighted by atomic mass is 32.2. The Balaban J connectivity index is 1.77. The molecule has 0 radical (unpaired) electrons. The number of para-hydroxylation sites is 1. The summed E-state index contributed by atoms with van der Waals surface area (Å²) < 4.78 is 12.4. The third kappa shape index (κ3) is 3.85. The number of carbonyl (C=O) groups excluding carboxylic acids is 1. The zero-order chi connectivity index (χ0) is 17.6. The quantitative estimate of drug-likeness (QED) is 0.476. The van der Waals surface area contributed by atoms with Crippen molar-refractivity contribution in [3.8, 4) is 17.2 Å². The molecule has 3 rings (SSSR count). The number of ether oxygens (including phenoxy) is 2. The van der Waals surface area contributed by atoms with Crippen LogP contribution in [0.1, 0.15) is 10.4 Å². The minimum atomic E-state index is -0.0386. The molecule has 0 unspecified atom stereocenters. The van der Waals surface area contributed by atoms with Crippen LogP contribution < -0.4 is 9.47 Å². The number of aromatic nitrogens is 2. The number of benzene rings is 2. The Morgan fingerprint density at radius 3 is 2.64 bits per heavy atom. The van der Waals surface area contributed by atoms with Crippen molar-refractivity contribution in [3.63, 3.8) is 0 Å². The summed E-state index contributed by atoms with van der Waals surface area (Å²) in [5.74, 6) is 1.38. The van der Waals surface area contributed by atoms with Crippen molar-refractivity contribution in [1.29, 1.82) is 0 Å². The van der Waals surface area contributed by atoms with Crippen molar-refractivity contribution >= 4 is 17.5 Å². The number of methoxy groups -OCH3 is 2. The second kappa shape index (κ2) is 7.90. The zero-order valence-electron chi connectivity index (χ0n) is 14.0. The third-order valence-corrected chi connectivity index (χ3v) is 4.65. The standard InChI is InChI=1S/C19H18N2O3S/c1-23-15-8-9-18(24-2)16(12-15)17(22)13-25-19-20-10-11-21(19)14-6-4-3-5-7-14/h3-12H,13H2,1-2H3. The Kier molecular flexibility index (Phi) is 5.40. The molecule has 128 valence electrons. The van der Waals surface area contributed by atoms with Gasteiger partial charge in [0.2, 0.25) is 0 Å². The first-order chi connectivity index (χ1) is 12.2. The number of imidazole rings is 1. The smallest absolute Gasteiger partial charge is 0.177 e. The SMILES string of the molecule is COc1ccc(OC)c(C(=O)CSc2nccn2-c2ccccc2)c1. The van der Waals surface area contributed by atoms with Crippen molar-refractivity contribution < 1.29 is 14.3 Å². The molecule has 0 atom stereocenters. The number of rotatable bonds is 7. The van der Waals surface area contributed by atoms with E-state index in [1.165, 1.54) is 11.8 Å². The van der Waals surface area contributed by atoms with Crippen LogP contribution in [0.15, 0.2) is 66.1 Å². The molecule has 0 saturated carbocycles. The molecule has 6 heteroatoms. The Morgan fingerprint density at radius 1 is 1.12 bits per heavy atom. The Labute approximate surface area is 150 Å². The van der Waals surface area contributed by atoms with Crippen LogP contribution in [0.25, 0.3) is 5.69 Å². The fourth-order valence-electron chi connectivity index (χ4n) is 2.42. The predicted octanol–water partition coefficient (Wildman–Crippen LogP) is 3.86. The van der Waals surface area contributed by atoms with Crippen molar-refractivity contribution in [1.82, 2.24) is 9.55 Å². The summed E-state index contributed by atoms with van der Waals surface area (Å²) in [6, 6.07) is 15.1. The van der Waals surface area contributed by atoms with Gasteiger partial charge in [0.05, 0.1) is 25.5 Å². The summed E-state index contributed by atoms with van der Waals surface area (Å²) in [5.41, 5.74) is 1.51. The zero-order valence-corrected chi connectivity index (χ0v) is 14.8. The number of thioether (sulfide) groups is 1. The lowest BCUT2D eigenvalue weighted by atomic mass is 10.1. The first-order valence-electron chi connectivity index (χ1n) is 7.69. The fraction of sp³-hybridized carbons (Fsp3) is 0.158. The largest absolute Gasteiger partial charge is 0.497 e. The van der Waals surface area contributed by atoms with Crippen LogP contribution in [0.4, 0.5) is 0 Å². The molecule has 0 aliphatic carbocycles. The summed E-state index contributed by atoms with van der Waals surface area (Å²) in [6.07, 6.45) is 3.61. The number of hydrogen-bond acceptors (Lipinski definition) is 5. The van der Waals surface area contributed by atoms with E-state index in [0.29, 0.717) is 17.1 Å². The van der Waals surface area contributed by atoms with Gasteiger partial charge in [-0.25, -0.2) is 4.98 Å². The molecule has 0 bridgehead atoms. The van der Waals surface area contributed by atoms with Crippen molar-refractivity contribution in [2.45, 2.75) is 5.16 Å². The number of hydrogen-bond donors (Lipinski definition) is 0. The van der Waals surface area contributed by atoms with E-state index in [0.717, 1.165) is 10.8 Å². The van der Waals surface area contributed by atoms with Gasteiger partial charge in [-0.15, -0.1) is 0 Å². The first kappa shape index (κ1) is 17.1. The monoisotopic (exact) mass is 354 g/mol. The van der Waals surface area contributed by atoms with Crippen LogP contribution in [0.5, 0.6) is 11.5 Å². The topological polar surface area (TPSA) is 53.4 Å². The maximum Gasteiger partial charge on any atom is 0.177 e. The molecule has 2 aromatic carbocycles. The number of Topliss-reactive ketones (excluding diaryl/α,β-unsaturated/α-hetero) is 1. The predicted molar refractivity (Wildman–Crippen MR) is 98.2 cm³/mol. The van der Waals surface area contributed by atoms with E-state index in [4.69, 9.17) is 9.47 Å². The van der Waals surface area contributed by atoms with E-state index >= 15 is 0 Å². The number of ketones is 1. The summed E-state index contributed by atoms with van der Waals surface area (Å²) in [4.78, 5) is 17.0. The van der Waals surface area contributed by atoms with Crippen LogP contribution in [0.2, 0.25) is 0 Å². The third-order valence-electron chi connectivity index (χ3n) is 3.68. The van der Waals surface area contributed by atoms with Crippen LogP contribution in [0, 0.1) is 0 Å². The van der Waals surface area contributed by atoms with E-state index in [9.17, 15) is 4.79 Å². The second-order valence-electron chi connectivity index (χ2n) is 5.19. The van der Waals surface area contributed by atoms with E-state index in [-0.39, 0.29) is 11.5 Å². The van der Waals surface area contributed by atoms with Gasteiger partial charge in [-0.05, 0) is 30.3 Å². The van der Waals surface area contributed by atoms with Crippen LogP contribution in [0.3, 0.4) is 0 Å². The normalized spacial score (nSPS) is 10.5. The highest BCUT2D eigenvalue weighted by Crippen LogP contribution is 2.27. The van der Waals surface area contributed by atoms with Crippen molar-refractivity contribution in [2.75, 3.05) is 20.0 Å². The van der Waals surface area contributed by atoms with Crippen molar-refractivity contribution in [2.24, 2.45) is 0 Å². The van der Waals surface area contributed by atoms with Crippen LogP contribution in [-0.4, -0.2) is 35.3 Å². The molecule has 0 saturated heterocycles. The van der Waals surface area contributed by atoms with E-state index < -0.39 is 0 Å². The Hall–Kier alpha value is -2.73. The molecule has 0 spiro atoms. The van der Waals surface area contributed by atoms with Gasteiger partial charge in [-0.1, -0.05) is 30.0 Å². The summed E-state index contributed by atoms with van der Waals surface area (Å²) in [6.45, 7) is 0. The van der Waals surface area contributed by atoms with Crippen LogP contribution in [-0.2, 0) is 0 Å². The first-order valence-corrected chi connectivity index (χ1v) is 8.68. The van der Waals surface area contributed by atoms with Crippen molar-refractivity contribution in [3.05, 3.63) is 66.5 Å². The summed E-state index contributed by atoms with van der Waals surface area (Å²) in [7, 11) is 3.12. The summed E-state index contributed by atoms with van der Waals surface area (Å²) in [5, 5.41) is 0.765. The van der Waals surface area contributed by atoms with Gasteiger partial charge < -0.3 is 9.47 Å². The lowest BCUT2D eigenvalue weighted by Crippen LogP contribution is -2.06. The number of nitrogens with zero attached hydrogens (tertiary/aromatic N) is 2. The van der Waals surface area contributed by atoms with Gasteiger partial charge in [0.15, 0.2) is 10.9 Å². The molecule has 1 heterocycles. The minimum Gasteiger partial charge on any atom is -0.497 e. The minimum absolute atomic E-state index is 0.0386. The van der Waals surface area contributed by atoms with E-state index in [1.807, 2.05) is 41.1 Å². The molecule has 0 aliphatic rings. The maximum absolute atomic E-state index is 12.6. The lowest BCUT2D eigenvalue weighted by Gasteiger charge is -2.10. The van der Waals surface area contributed by atoms with Gasteiger partial charge in [0.25, 0.3) is 0 Å². The lowest BCUT2D eigenvalue weighted by molar-refractivity contribution is 0.101. The molecule has 1 aromatic heterocycles. The highest BCUT2D eigenvalue weighted by Gasteiger charge is 2.15. The van der Waals surface area contributed by atoms with Gasteiger partial charge in [-0.3, -0.25) is 9.36 Å². The van der Waals surface area contributed by atoms with Crippen LogP contribution >= 0.6 is 11.8 Å². The molecular formula is C19H18N2O3S. The Morgan fingerprint density at radius 2 is 1.92 bits per heavy atom. The molecular weight excluding hydrogens is 336 g/mol. The van der Waals surface area contributed by atoms with Gasteiger partial charge in [-0.2, -0.15) is 0 Å². The van der Waals surface area contributed by atoms with E-state index in [1.54, 1.807) is 38.6 Å². The van der Waals surface area contributed by atoms with Gasteiger partial charge in [0, 0.05) is 18.1 Å². The van der Waals surface area contributed by atoms with E-state index in [2.05, 4.69) is 4.98 Å². The second-order valence-corrected chi connectivity index (χ2v) is 6.14. The molecule has 0 aliphatic heterocycles. The average molecular weight is 354 g/mol. The fourth-order valence-corrected chi connectivity index (χ4v) is 3.28. The Bertz CT molecular complexity index is 862. The molecule has 3 aromatic rings. The summed E-state index contributed by atoms with van der Waals surface area (Å²) >= 11 is 1.39.